The molecule has 0 saturated heterocycles. The molecule has 0 atom stereocenters. The normalized spacial score (nSPS) is 6.84. The number of rotatable bonds is 0. The van der Waals surface area contributed by atoms with E-state index >= 15 is 0 Å². The standard InChI is InChI=1S/C8H18Si2.4CO.Ru/c1-9(2,3)7-8-10(4,5)6;4*1-2;/h1-6H3;;;;;. The van der Waals surface area contributed by atoms with E-state index in [9.17, 15) is 0 Å². The predicted octanol–water partition coefficient (Wildman–Crippen LogP) is 2.59. The van der Waals surface area contributed by atoms with Crippen molar-refractivity contribution in [1.82, 2.24) is 0 Å². The van der Waals surface area contributed by atoms with Gasteiger partial charge in [-0.3, -0.25) is 0 Å². The monoisotopic (exact) mass is 384 g/mol. The third kappa shape index (κ3) is 98.6. The van der Waals surface area contributed by atoms with Gasteiger partial charge in [0.05, 0.1) is 0 Å². The van der Waals surface area contributed by atoms with Crippen molar-refractivity contribution in [3.8, 4) is 11.1 Å². The van der Waals surface area contributed by atoms with Crippen molar-refractivity contribution in [1.29, 1.82) is 0 Å². The van der Waals surface area contributed by atoms with E-state index < -0.39 is 16.1 Å². The molecule has 0 saturated carbocycles. The van der Waals surface area contributed by atoms with Crippen LogP contribution in [-0.2, 0) is 38.1 Å². The van der Waals surface area contributed by atoms with E-state index in [0.717, 1.165) is 0 Å². The van der Waals surface area contributed by atoms with Crippen LogP contribution in [0.2, 0.25) is 39.3 Å². The molecule has 0 spiro atoms. The number of hydrogen-bond acceptors (Lipinski definition) is 0. The molecule has 106 valence electrons. The van der Waals surface area contributed by atoms with Crippen molar-refractivity contribution < 1.29 is 38.1 Å². The van der Waals surface area contributed by atoms with Gasteiger partial charge < -0.3 is 0 Å². The molecule has 0 aromatic carbocycles. The Bertz CT molecular complexity index is 266. The van der Waals surface area contributed by atoms with E-state index in [-0.39, 0.29) is 19.5 Å². The molecule has 0 radical (unpaired) electrons. The maximum absolute atomic E-state index is 7.50. The zero-order chi connectivity index (χ0) is 16.4. The zero-order valence-electron chi connectivity index (χ0n) is 12.0. The van der Waals surface area contributed by atoms with Gasteiger partial charge >= 0.3 is 45.2 Å². The van der Waals surface area contributed by atoms with Crippen molar-refractivity contribution in [2.75, 3.05) is 0 Å². The van der Waals surface area contributed by atoms with Crippen LogP contribution in [-0.4, -0.2) is 16.1 Å². The fourth-order valence-corrected chi connectivity index (χ4v) is 3.38. The maximum atomic E-state index is 7.50. The van der Waals surface area contributed by atoms with Crippen LogP contribution in [0.5, 0.6) is 0 Å². The second-order valence-corrected chi connectivity index (χ2v) is 14.2. The Morgan fingerprint density at radius 1 is 0.526 bits per heavy atom. The van der Waals surface area contributed by atoms with Crippen molar-refractivity contribution in [2.45, 2.75) is 39.3 Å². The van der Waals surface area contributed by atoms with Gasteiger partial charge in [-0.15, -0.1) is 11.1 Å². The minimum Gasteiger partial charge on any atom is 0 e. The summed E-state index contributed by atoms with van der Waals surface area (Å²) in [6.45, 7) is 31.8. The molecule has 19 heavy (non-hydrogen) atoms. The summed E-state index contributed by atoms with van der Waals surface area (Å²) < 4.78 is 30.0. The topological polar surface area (TPSA) is 79.6 Å². The van der Waals surface area contributed by atoms with Crippen LogP contribution < -0.4 is 0 Å². The van der Waals surface area contributed by atoms with Gasteiger partial charge in [-0.2, -0.15) is 0 Å². The molecule has 0 bridgehead atoms. The van der Waals surface area contributed by atoms with Gasteiger partial charge in [0.2, 0.25) is 0 Å². The first-order valence-electron chi connectivity index (χ1n) is 4.57. The van der Waals surface area contributed by atoms with E-state index in [0.29, 0.717) is 0 Å². The molecule has 7 heteroatoms. The maximum Gasteiger partial charge on any atom is 0 e. The van der Waals surface area contributed by atoms with Crippen LogP contribution in [0.3, 0.4) is 0 Å². The van der Waals surface area contributed by atoms with Crippen molar-refractivity contribution in [3.63, 3.8) is 0 Å². The fraction of sp³-hybridized carbons (Fsp3) is 0.500. The van der Waals surface area contributed by atoms with E-state index in [1.165, 1.54) is 0 Å². The Labute approximate surface area is 131 Å². The summed E-state index contributed by atoms with van der Waals surface area (Å²) in [7, 11) is -2.19. The van der Waals surface area contributed by atoms with Gasteiger partial charge in [0.15, 0.2) is 0 Å². The number of hydrogen-bond donors (Lipinski definition) is 0. The Morgan fingerprint density at radius 3 is 0.684 bits per heavy atom. The van der Waals surface area contributed by atoms with E-state index in [1.807, 2.05) is 0 Å². The molecule has 0 aliphatic rings. The molecule has 0 rings (SSSR count). The summed E-state index contributed by atoms with van der Waals surface area (Å²) in [5.74, 6) is 0. The van der Waals surface area contributed by atoms with Crippen LogP contribution >= 0.6 is 0 Å². The third-order valence-electron chi connectivity index (χ3n) is 0.812. The summed E-state index contributed by atoms with van der Waals surface area (Å²) >= 11 is 0. The second kappa shape index (κ2) is 26.2. The van der Waals surface area contributed by atoms with Crippen LogP contribution in [0, 0.1) is 37.7 Å². The first-order chi connectivity index (χ1) is 8.21. The first-order valence-corrected chi connectivity index (χ1v) is 11.6. The smallest absolute Gasteiger partial charge is 0 e. The van der Waals surface area contributed by atoms with Crippen LogP contribution in [0.25, 0.3) is 0 Å². The zero-order valence-corrected chi connectivity index (χ0v) is 15.7. The van der Waals surface area contributed by atoms with Crippen molar-refractivity contribution in [2.24, 2.45) is 0 Å². The van der Waals surface area contributed by atoms with Gasteiger partial charge in [-0.05, 0) is 0 Å². The SMILES string of the molecule is C[Si](C)(C)C#C[Si](C)(C)C.[C-]#[O+].[C-]#[O+].[C-]#[O+].[C-]#[O+].[Ru]. The molecule has 0 unspecified atom stereocenters. The Kier molecular flexibility index (Phi) is 50.0. The van der Waals surface area contributed by atoms with Crippen molar-refractivity contribution >= 4 is 16.1 Å². The van der Waals surface area contributed by atoms with Gasteiger partial charge in [0, 0.05) is 19.5 Å². The molecule has 0 aliphatic heterocycles. The fourth-order valence-electron chi connectivity index (χ4n) is 0.375. The van der Waals surface area contributed by atoms with E-state index in [1.54, 1.807) is 0 Å². The van der Waals surface area contributed by atoms with Crippen LogP contribution in [0.15, 0.2) is 0 Å². The Balaban J connectivity index is -0.0000000401. The summed E-state index contributed by atoms with van der Waals surface area (Å²) in [4.78, 5) is 0. The minimum absolute atomic E-state index is 0. The second-order valence-electron chi connectivity index (χ2n) is 4.75. The third-order valence-corrected chi connectivity index (χ3v) is 2.81. The largest absolute Gasteiger partial charge is 0 e. The molecule has 0 amide bonds. The van der Waals surface area contributed by atoms with Gasteiger partial charge in [-0.25, -0.2) is 0 Å². The average molecular weight is 384 g/mol. The quantitative estimate of drug-likeness (QED) is 0.267. The van der Waals surface area contributed by atoms with E-state index in [4.69, 9.17) is 18.6 Å². The minimum atomic E-state index is -1.09. The Morgan fingerprint density at radius 2 is 0.632 bits per heavy atom. The summed E-state index contributed by atoms with van der Waals surface area (Å²) in [6, 6.07) is 0. The summed E-state index contributed by atoms with van der Waals surface area (Å²) in [5, 5.41) is 0. The molecule has 0 fully saturated rings. The molecular formula is C12H18O4RuSi2. The van der Waals surface area contributed by atoms with E-state index in [2.05, 4.69) is 77.0 Å². The Hall–Kier alpha value is -0.423. The van der Waals surface area contributed by atoms with Gasteiger partial charge in [0.25, 0.3) is 0 Å². The first kappa shape index (κ1) is 36.3. The van der Waals surface area contributed by atoms with Crippen molar-refractivity contribution in [3.05, 3.63) is 26.6 Å². The molecule has 0 aromatic rings. The van der Waals surface area contributed by atoms with Crippen LogP contribution in [0.1, 0.15) is 0 Å². The molecule has 4 nitrogen and oxygen atoms in total. The average Bonchev–Trinajstić information content (AvgIpc) is 2.35. The molecule has 0 N–H and O–H groups in total. The van der Waals surface area contributed by atoms with Gasteiger partial charge in [-0.1, -0.05) is 39.3 Å². The predicted molar refractivity (Wildman–Crippen MR) is 70.2 cm³/mol. The summed E-state index contributed by atoms with van der Waals surface area (Å²) in [5.41, 5.74) is 6.82. The molecule has 0 aliphatic carbocycles. The molecule has 0 aromatic heterocycles. The summed E-state index contributed by atoms with van der Waals surface area (Å²) in [6.07, 6.45) is 0. The molecular weight excluding hydrogens is 365 g/mol. The van der Waals surface area contributed by atoms with Crippen LogP contribution in [0.4, 0.5) is 0 Å². The molecule has 0 heterocycles. The van der Waals surface area contributed by atoms with Gasteiger partial charge in [0.1, 0.15) is 16.1 Å².